The first-order valence-corrected chi connectivity index (χ1v) is 12.2. The van der Waals surface area contributed by atoms with E-state index >= 15 is 0 Å². The molecular weight excluding hydrogens is 470 g/mol. The standard InChI is InChI=1S/C38H25N/c1-4-10-26(11-5-1)27-16-17-28-22-35-37(24-30(28)20-27)36-23-29-18-19-34(21-31(29)25-38(35)36)39(32-12-6-2-7-13-32)33-14-8-3-9-15-33/h1-25H/i1D,4D,5D,10D,11D,16D,17D,18D,19D,20D,21D,22D,23D,24D,25D. The summed E-state index contributed by atoms with van der Waals surface area (Å²) < 4.78 is 133. The summed E-state index contributed by atoms with van der Waals surface area (Å²) in [7, 11) is 0. The second-order valence-corrected chi connectivity index (χ2v) is 8.98. The van der Waals surface area contributed by atoms with Gasteiger partial charge in [0.05, 0.1) is 20.6 Å². The molecule has 0 amide bonds. The molecule has 0 fully saturated rings. The van der Waals surface area contributed by atoms with Crippen LogP contribution in [0.15, 0.2) is 151 Å². The van der Waals surface area contributed by atoms with Crippen molar-refractivity contribution < 1.29 is 20.6 Å². The summed E-state index contributed by atoms with van der Waals surface area (Å²) in [5.41, 5.74) is 0.165. The van der Waals surface area contributed by atoms with E-state index in [1.54, 1.807) is 53.4 Å². The quantitative estimate of drug-likeness (QED) is 0.228. The molecular formula is C38H25N. The Bertz CT molecular complexity index is 2750. The Kier molecular flexibility index (Phi) is 2.62. The van der Waals surface area contributed by atoms with Gasteiger partial charge in [-0.05, 0) is 121 Å². The number of para-hydroxylation sites is 2. The van der Waals surface area contributed by atoms with Gasteiger partial charge in [0.15, 0.2) is 0 Å². The molecule has 7 aromatic rings. The summed E-state index contributed by atoms with van der Waals surface area (Å²) in [5, 5.41) is -0.907. The van der Waals surface area contributed by atoms with Gasteiger partial charge in [-0.3, -0.25) is 0 Å². The van der Waals surface area contributed by atoms with E-state index in [0.29, 0.717) is 11.4 Å². The first-order chi connectivity index (χ1) is 25.6. The largest absolute Gasteiger partial charge is 0.310 e. The van der Waals surface area contributed by atoms with Crippen LogP contribution in [-0.2, 0) is 0 Å². The maximum atomic E-state index is 9.44. The van der Waals surface area contributed by atoms with Gasteiger partial charge in [-0.1, -0.05) is 84.7 Å². The van der Waals surface area contributed by atoms with Crippen LogP contribution in [0.1, 0.15) is 20.6 Å². The first-order valence-electron chi connectivity index (χ1n) is 19.7. The molecule has 0 saturated carbocycles. The van der Waals surface area contributed by atoms with Crippen molar-refractivity contribution in [2.75, 3.05) is 4.90 Å². The average Bonchev–Trinajstić information content (AvgIpc) is 3.14. The summed E-state index contributed by atoms with van der Waals surface area (Å²) in [6.07, 6.45) is 0. The van der Waals surface area contributed by atoms with Gasteiger partial charge in [0.2, 0.25) is 0 Å². The molecule has 0 heterocycles. The Morgan fingerprint density at radius 3 is 1.49 bits per heavy atom. The van der Waals surface area contributed by atoms with Crippen LogP contribution < -0.4 is 4.90 Å². The zero-order valence-corrected chi connectivity index (χ0v) is 20.2. The Morgan fingerprint density at radius 2 is 0.897 bits per heavy atom. The monoisotopic (exact) mass is 510 g/mol. The molecule has 7 aromatic carbocycles. The van der Waals surface area contributed by atoms with Crippen molar-refractivity contribution >= 4 is 38.6 Å². The van der Waals surface area contributed by atoms with Crippen molar-refractivity contribution in [1.29, 1.82) is 0 Å². The van der Waals surface area contributed by atoms with E-state index in [2.05, 4.69) is 0 Å². The lowest BCUT2D eigenvalue weighted by atomic mass is 9.77. The van der Waals surface area contributed by atoms with Gasteiger partial charge >= 0.3 is 0 Å². The number of benzene rings is 7. The third-order valence-corrected chi connectivity index (χ3v) is 6.61. The average molecular weight is 511 g/mol. The molecule has 0 bridgehead atoms. The van der Waals surface area contributed by atoms with Crippen LogP contribution in [0.4, 0.5) is 17.1 Å². The van der Waals surface area contributed by atoms with E-state index in [1.807, 2.05) is 12.1 Å². The zero-order chi connectivity index (χ0) is 38.8. The van der Waals surface area contributed by atoms with Crippen molar-refractivity contribution in [3.63, 3.8) is 0 Å². The highest BCUT2D eigenvalue weighted by Crippen LogP contribution is 2.51. The predicted octanol–water partition coefficient (Wildman–Crippen LogP) is 10.8. The molecule has 0 N–H and O–H groups in total. The van der Waals surface area contributed by atoms with Crippen molar-refractivity contribution in [2.24, 2.45) is 0 Å². The number of fused-ring (bicyclic) bond motifs is 6. The molecule has 0 saturated heterocycles. The minimum Gasteiger partial charge on any atom is -0.310 e. The molecule has 8 rings (SSSR count). The molecule has 0 spiro atoms. The fourth-order valence-electron chi connectivity index (χ4n) is 4.79. The minimum atomic E-state index is -0.712. The van der Waals surface area contributed by atoms with Gasteiger partial charge in [-0.25, -0.2) is 0 Å². The highest BCUT2D eigenvalue weighted by molar-refractivity contribution is 6.12. The van der Waals surface area contributed by atoms with Crippen LogP contribution in [0.25, 0.3) is 54.9 Å². The van der Waals surface area contributed by atoms with E-state index < -0.39 is 77.6 Å². The lowest BCUT2D eigenvalue weighted by Gasteiger charge is -2.28. The van der Waals surface area contributed by atoms with Crippen molar-refractivity contribution in [3.05, 3.63) is 151 Å². The van der Waals surface area contributed by atoms with Gasteiger partial charge in [-0.2, -0.15) is 0 Å². The molecule has 182 valence electrons. The summed E-state index contributed by atoms with van der Waals surface area (Å²) in [6, 6.07) is 9.77. The molecule has 1 aliphatic carbocycles. The van der Waals surface area contributed by atoms with Crippen LogP contribution in [0.3, 0.4) is 0 Å². The highest BCUT2D eigenvalue weighted by atomic mass is 15.1. The van der Waals surface area contributed by atoms with E-state index in [4.69, 9.17) is 13.7 Å². The lowest BCUT2D eigenvalue weighted by molar-refractivity contribution is 1.29. The molecule has 1 aliphatic rings. The van der Waals surface area contributed by atoms with Crippen LogP contribution in [-0.4, -0.2) is 0 Å². The second kappa shape index (κ2) is 8.72. The Hall–Kier alpha value is -5.14. The maximum absolute atomic E-state index is 9.44. The van der Waals surface area contributed by atoms with E-state index in [1.165, 1.54) is 0 Å². The minimum absolute atomic E-state index is 0.00355. The van der Waals surface area contributed by atoms with Gasteiger partial charge in [0, 0.05) is 17.1 Å². The van der Waals surface area contributed by atoms with Crippen LogP contribution >= 0.6 is 0 Å². The van der Waals surface area contributed by atoms with E-state index in [-0.39, 0.29) is 73.7 Å². The molecule has 0 aromatic heterocycles. The van der Waals surface area contributed by atoms with Crippen molar-refractivity contribution in [2.45, 2.75) is 0 Å². The smallest absolute Gasteiger partial charge is 0.0651 e. The van der Waals surface area contributed by atoms with Crippen LogP contribution in [0.5, 0.6) is 0 Å². The normalized spacial score (nSPS) is 17.0. The van der Waals surface area contributed by atoms with Crippen LogP contribution in [0.2, 0.25) is 0 Å². The van der Waals surface area contributed by atoms with Gasteiger partial charge in [0.25, 0.3) is 0 Å². The van der Waals surface area contributed by atoms with E-state index in [9.17, 15) is 6.85 Å². The SMILES string of the molecule is [2H]c1c([2H])c([2H])c(-c2c([2H])c([2H])c3c([2H])c4c(c([2H])c3c2[2H])-c2c-4c([2H])c3c([2H])c(N(c4ccccc4)c4ccccc4)c([2H])c([2H])c3c2[2H])c([2H])c1[2H]. The summed E-state index contributed by atoms with van der Waals surface area (Å²) in [5.74, 6) is 0. The fourth-order valence-corrected chi connectivity index (χ4v) is 4.79. The highest BCUT2D eigenvalue weighted by Gasteiger charge is 2.24. The second-order valence-electron chi connectivity index (χ2n) is 8.98. The fraction of sp³-hybridized carbons (Fsp3) is 0. The molecule has 0 aliphatic heterocycles. The number of hydrogen-bond acceptors (Lipinski definition) is 1. The number of rotatable bonds is 4. The molecule has 0 atom stereocenters. The zero-order valence-electron chi connectivity index (χ0n) is 35.2. The molecule has 0 unspecified atom stereocenters. The molecule has 0 radical (unpaired) electrons. The predicted molar refractivity (Wildman–Crippen MR) is 166 cm³/mol. The Balaban J connectivity index is 1.45. The van der Waals surface area contributed by atoms with Crippen molar-refractivity contribution in [3.8, 4) is 33.4 Å². The van der Waals surface area contributed by atoms with Crippen LogP contribution in [0, 0.1) is 0 Å². The topological polar surface area (TPSA) is 3.24 Å². The summed E-state index contributed by atoms with van der Waals surface area (Å²) in [6.45, 7) is 0. The lowest BCUT2D eigenvalue weighted by Crippen LogP contribution is -2.09. The first kappa shape index (κ1) is 11.7. The Morgan fingerprint density at radius 1 is 0.385 bits per heavy atom. The number of anilines is 3. The van der Waals surface area contributed by atoms with Crippen molar-refractivity contribution in [1.82, 2.24) is 0 Å². The third kappa shape index (κ3) is 3.63. The molecule has 1 heteroatoms. The van der Waals surface area contributed by atoms with E-state index in [0.717, 1.165) is 0 Å². The maximum Gasteiger partial charge on any atom is 0.0651 e. The summed E-state index contributed by atoms with van der Waals surface area (Å²) >= 11 is 0. The van der Waals surface area contributed by atoms with Gasteiger partial charge in [-0.15, -0.1) is 0 Å². The Labute approximate surface area is 249 Å². The van der Waals surface area contributed by atoms with Gasteiger partial charge in [0.1, 0.15) is 0 Å². The summed E-state index contributed by atoms with van der Waals surface area (Å²) in [4.78, 5) is 1.63. The molecule has 1 nitrogen and oxygen atoms in total. The number of hydrogen-bond donors (Lipinski definition) is 0. The van der Waals surface area contributed by atoms with Gasteiger partial charge < -0.3 is 4.90 Å². The molecule has 39 heavy (non-hydrogen) atoms. The third-order valence-electron chi connectivity index (χ3n) is 6.61. The number of nitrogens with zero attached hydrogens (tertiary/aromatic N) is 1.